The van der Waals surface area contributed by atoms with Crippen LogP contribution >= 0.6 is 0 Å². The Morgan fingerprint density at radius 1 is 0.381 bits per heavy atom. The van der Waals surface area contributed by atoms with Gasteiger partial charge in [0.25, 0.3) is 0 Å². The molecule has 0 heterocycles. The summed E-state index contributed by atoms with van der Waals surface area (Å²) < 4.78 is 10.5. The molecule has 0 fully saturated rings. The minimum absolute atomic E-state index is 0.134. The van der Waals surface area contributed by atoms with Gasteiger partial charge in [-0.2, -0.15) is 0 Å². The molecule has 42 heavy (non-hydrogen) atoms. The number of hydrogen-bond acceptors (Lipinski definition) is 6. The number of unbranched alkanes of at least 4 members (excludes halogenated alkanes) is 20. The predicted molar refractivity (Wildman–Crippen MR) is 169 cm³/mol. The van der Waals surface area contributed by atoms with Crippen molar-refractivity contribution >= 4 is 23.9 Å². The average Bonchev–Trinajstić information content (AvgIpc) is 2.96. The maximum atomic E-state index is 11.8. The molecule has 0 aromatic heterocycles. The summed E-state index contributed by atoms with van der Waals surface area (Å²) in [6.07, 6.45) is 27.8. The third-order valence-corrected chi connectivity index (χ3v) is 7.11. The van der Waals surface area contributed by atoms with Crippen molar-refractivity contribution in [2.24, 2.45) is 0 Å². The molecule has 0 aliphatic rings. The number of carboxylic acid groups (broad SMARTS) is 2. The van der Waals surface area contributed by atoms with E-state index in [0.717, 1.165) is 25.7 Å². The highest BCUT2D eigenvalue weighted by molar-refractivity contribution is 5.77. The molecular formula is C34H64O8. The van der Waals surface area contributed by atoms with Gasteiger partial charge in [0.1, 0.15) is 0 Å². The van der Waals surface area contributed by atoms with Gasteiger partial charge < -0.3 is 19.7 Å². The first kappa shape index (κ1) is 42.0. The van der Waals surface area contributed by atoms with E-state index in [1.54, 1.807) is 0 Å². The number of aliphatic carboxylic acids is 2. The SMILES string of the molecule is CCCCCCCCCCCCCOC(=O)CCC(=O)OCCCCCCCCCCCCC.O=C(O)CCC(=O)O. The van der Waals surface area contributed by atoms with Crippen LogP contribution in [0.4, 0.5) is 0 Å². The minimum Gasteiger partial charge on any atom is -0.481 e. The van der Waals surface area contributed by atoms with Crippen molar-refractivity contribution in [1.82, 2.24) is 0 Å². The van der Waals surface area contributed by atoms with E-state index in [1.165, 1.54) is 116 Å². The van der Waals surface area contributed by atoms with E-state index in [1.807, 2.05) is 0 Å². The molecule has 0 bridgehead atoms. The van der Waals surface area contributed by atoms with E-state index in [0.29, 0.717) is 13.2 Å². The summed E-state index contributed by atoms with van der Waals surface area (Å²) in [7, 11) is 0. The molecular weight excluding hydrogens is 536 g/mol. The molecule has 0 aliphatic heterocycles. The average molecular weight is 601 g/mol. The second-order valence-electron chi connectivity index (χ2n) is 11.3. The number of hydrogen-bond donors (Lipinski definition) is 2. The van der Waals surface area contributed by atoms with Gasteiger partial charge in [0.2, 0.25) is 0 Å². The minimum atomic E-state index is -1.08. The summed E-state index contributed by atoms with van der Waals surface area (Å²) in [5, 5.41) is 15.8. The molecule has 0 radical (unpaired) electrons. The molecule has 0 atom stereocenters. The van der Waals surface area contributed by atoms with E-state index < -0.39 is 11.9 Å². The monoisotopic (exact) mass is 600 g/mol. The van der Waals surface area contributed by atoms with Crippen LogP contribution in [0.5, 0.6) is 0 Å². The lowest BCUT2D eigenvalue weighted by atomic mass is 10.1. The number of carbonyl (C=O) groups is 4. The van der Waals surface area contributed by atoms with Crippen molar-refractivity contribution in [3.63, 3.8) is 0 Å². The molecule has 0 unspecified atom stereocenters. The molecule has 0 aromatic rings. The Kier molecular flexibility index (Phi) is 35.1. The van der Waals surface area contributed by atoms with Crippen molar-refractivity contribution in [3.8, 4) is 0 Å². The van der Waals surface area contributed by atoms with Gasteiger partial charge in [0.15, 0.2) is 0 Å². The molecule has 8 nitrogen and oxygen atoms in total. The lowest BCUT2D eigenvalue weighted by Crippen LogP contribution is -2.11. The summed E-state index contributed by atoms with van der Waals surface area (Å²) in [5.41, 5.74) is 0. The maximum Gasteiger partial charge on any atom is 0.306 e. The fourth-order valence-electron chi connectivity index (χ4n) is 4.47. The zero-order chi connectivity index (χ0) is 31.5. The summed E-state index contributed by atoms with van der Waals surface area (Å²) in [6, 6.07) is 0. The van der Waals surface area contributed by atoms with Crippen LogP contribution in [0.2, 0.25) is 0 Å². The second-order valence-corrected chi connectivity index (χ2v) is 11.3. The molecule has 8 heteroatoms. The van der Waals surface area contributed by atoms with Crippen LogP contribution in [0.25, 0.3) is 0 Å². The van der Waals surface area contributed by atoms with Gasteiger partial charge in [-0.1, -0.05) is 142 Å². The fraction of sp³-hybridized carbons (Fsp3) is 0.882. The first-order valence-electron chi connectivity index (χ1n) is 17.1. The Balaban J connectivity index is 0. The third kappa shape index (κ3) is 40.0. The van der Waals surface area contributed by atoms with Gasteiger partial charge in [0, 0.05) is 0 Å². The Bertz CT molecular complexity index is 581. The normalized spacial score (nSPS) is 10.5. The van der Waals surface area contributed by atoms with Crippen LogP contribution in [0, 0.1) is 0 Å². The number of esters is 2. The molecule has 0 amide bonds. The van der Waals surface area contributed by atoms with Gasteiger partial charge in [-0.15, -0.1) is 0 Å². The quantitative estimate of drug-likeness (QED) is 0.0616. The van der Waals surface area contributed by atoms with Crippen LogP contribution in [-0.2, 0) is 28.7 Å². The molecule has 0 aromatic carbocycles. The van der Waals surface area contributed by atoms with Crippen molar-refractivity contribution in [2.75, 3.05) is 13.2 Å². The number of rotatable bonds is 30. The van der Waals surface area contributed by atoms with E-state index in [4.69, 9.17) is 19.7 Å². The summed E-state index contributed by atoms with van der Waals surface area (Å²) in [5.74, 6) is -2.71. The van der Waals surface area contributed by atoms with Crippen LogP contribution < -0.4 is 0 Å². The second kappa shape index (κ2) is 35.1. The van der Waals surface area contributed by atoms with Gasteiger partial charge in [-0.3, -0.25) is 19.2 Å². The van der Waals surface area contributed by atoms with Crippen molar-refractivity contribution in [3.05, 3.63) is 0 Å². The lowest BCUT2D eigenvalue weighted by Gasteiger charge is -2.06. The number of carboxylic acids is 2. The van der Waals surface area contributed by atoms with Gasteiger partial charge in [-0.25, -0.2) is 0 Å². The Hall–Kier alpha value is -2.12. The standard InChI is InChI=1S/C30H58O4.C4H6O4/c1-3-5-7-9-11-13-15-17-19-21-23-27-33-29(31)25-26-30(32)34-28-24-22-20-18-16-14-12-10-8-6-4-2;5-3(6)1-2-4(7)8/h3-28H2,1-2H3;1-2H2,(H,5,6)(H,7,8). The molecule has 248 valence electrons. The summed E-state index contributed by atoms with van der Waals surface area (Å²) in [4.78, 5) is 42.8. The predicted octanol–water partition coefficient (Wildman–Crippen LogP) is 9.41. The van der Waals surface area contributed by atoms with E-state index in [2.05, 4.69) is 13.8 Å². The topological polar surface area (TPSA) is 127 Å². The summed E-state index contributed by atoms with van der Waals surface area (Å²) >= 11 is 0. The van der Waals surface area contributed by atoms with E-state index >= 15 is 0 Å². The van der Waals surface area contributed by atoms with Crippen LogP contribution in [0.15, 0.2) is 0 Å². The highest BCUT2D eigenvalue weighted by atomic mass is 16.5. The van der Waals surface area contributed by atoms with Crippen molar-refractivity contribution in [1.29, 1.82) is 0 Å². The molecule has 0 aliphatic carbocycles. The van der Waals surface area contributed by atoms with Gasteiger partial charge >= 0.3 is 23.9 Å². The Morgan fingerprint density at radius 3 is 0.857 bits per heavy atom. The summed E-state index contributed by atoms with van der Waals surface area (Å²) in [6.45, 7) is 5.46. The van der Waals surface area contributed by atoms with E-state index in [9.17, 15) is 19.2 Å². The maximum absolute atomic E-state index is 11.8. The number of carbonyl (C=O) groups excluding carboxylic acids is 2. The van der Waals surface area contributed by atoms with Crippen molar-refractivity contribution < 1.29 is 38.9 Å². The zero-order valence-electron chi connectivity index (χ0n) is 27.1. The molecule has 0 saturated carbocycles. The zero-order valence-corrected chi connectivity index (χ0v) is 27.1. The van der Waals surface area contributed by atoms with Gasteiger partial charge in [-0.05, 0) is 12.8 Å². The molecule has 0 spiro atoms. The van der Waals surface area contributed by atoms with Crippen molar-refractivity contribution in [2.45, 2.75) is 181 Å². The highest BCUT2D eigenvalue weighted by Gasteiger charge is 2.09. The first-order valence-corrected chi connectivity index (χ1v) is 17.1. The molecule has 0 saturated heterocycles. The molecule has 2 N–H and O–H groups in total. The lowest BCUT2D eigenvalue weighted by molar-refractivity contribution is -0.150. The Morgan fingerprint density at radius 2 is 0.619 bits per heavy atom. The van der Waals surface area contributed by atoms with Crippen LogP contribution in [0.3, 0.4) is 0 Å². The number of ether oxygens (including phenoxy) is 2. The van der Waals surface area contributed by atoms with Gasteiger partial charge in [0.05, 0.1) is 38.9 Å². The largest absolute Gasteiger partial charge is 0.481 e. The highest BCUT2D eigenvalue weighted by Crippen LogP contribution is 2.12. The van der Waals surface area contributed by atoms with Crippen LogP contribution in [0.1, 0.15) is 181 Å². The fourth-order valence-corrected chi connectivity index (χ4v) is 4.47. The molecule has 0 rings (SSSR count). The van der Waals surface area contributed by atoms with Crippen LogP contribution in [-0.4, -0.2) is 47.3 Å². The third-order valence-electron chi connectivity index (χ3n) is 7.11. The first-order chi connectivity index (χ1) is 20.3. The smallest absolute Gasteiger partial charge is 0.306 e. The Labute approximate surface area is 256 Å². The van der Waals surface area contributed by atoms with E-state index in [-0.39, 0.29) is 37.6 Å².